The van der Waals surface area contributed by atoms with Crippen LogP contribution in [0.15, 0.2) is 34.7 Å². The first kappa shape index (κ1) is 15.8. The Morgan fingerprint density at radius 2 is 2.32 bits per heavy atom. The molecule has 1 aliphatic heterocycles. The van der Waals surface area contributed by atoms with Crippen LogP contribution in [-0.2, 0) is 17.8 Å². The van der Waals surface area contributed by atoms with Gasteiger partial charge in [0.05, 0.1) is 6.04 Å². The lowest BCUT2D eigenvalue weighted by Gasteiger charge is -2.25. The van der Waals surface area contributed by atoms with Crippen LogP contribution in [0.4, 0.5) is 0 Å². The van der Waals surface area contributed by atoms with Crippen molar-refractivity contribution in [2.24, 2.45) is 0 Å². The Balaban J connectivity index is 1.38. The van der Waals surface area contributed by atoms with Gasteiger partial charge >= 0.3 is 5.69 Å². The van der Waals surface area contributed by atoms with Gasteiger partial charge in [0.1, 0.15) is 17.4 Å². The Labute approximate surface area is 146 Å². The maximum atomic E-state index is 12.3. The molecule has 4 rings (SSSR count). The number of thiophene rings is 1. The Bertz CT molecular complexity index is 924. The summed E-state index contributed by atoms with van der Waals surface area (Å²) in [7, 11) is 0. The number of hydrogen-bond acceptors (Lipinski definition) is 6. The molecule has 0 saturated heterocycles. The number of aryl methyl sites for hydroxylation is 1. The predicted octanol–water partition coefficient (Wildman–Crippen LogP) is 0.381. The summed E-state index contributed by atoms with van der Waals surface area (Å²) in [6.45, 7) is 0.365. The van der Waals surface area contributed by atoms with Crippen LogP contribution < -0.4 is 11.0 Å². The second kappa shape index (κ2) is 6.63. The highest BCUT2D eigenvalue weighted by molar-refractivity contribution is 7.12. The predicted molar refractivity (Wildman–Crippen MR) is 90.7 cm³/mol. The van der Waals surface area contributed by atoms with E-state index in [1.165, 1.54) is 16.0 Å². The van der Waals surface area contributed by atoms with E-state index in [1.807, 2.05) is 17.6 Å². The average molecular weight is 359 g/mol. The molecule has 130 valence electrons. The number of nitrogens with zero attached hydrogens (tertiary/aromatic N) is 6. The molecule has 3 aromatic rings. The smallest absolute Gasteiger partial charge is 0.352 e. The summed E-state index contributed by atoms with van der Waals surface area (Å²) in [4.78, 5) is 28.8. The van der Waals surface area contributed by atoms with Crippen LogP contribution in [0.25, 0.3) is 5.00 Å². The number of amides is 1. The lowest BCUT2D eigenvalue weighted by atomic mass is 10.0. The molecule has 0 saturated carbocycles. The third kappa shape index (κ3) is 3.12. The van der Waals surface area contributed by atoms with Gasteiger partial charge < -0.3 is 9.88 Å². The summed E-state index contributed by atoms with van der Waals surface area (Å²) in [6.07, 6.45) is 6.77. The van der Waals surface area contributed by atoms with E-state index in [-0.39, 0.29) is 18.5 Å². The number of carbonyl (C=O) groups excluding carboxylic acids is 1. The molecule has 1 atom stereocenters. The number of tetrazole rings is 1. The van der Waals surface area contributed by atoms with Crippen LogP contribution in [0.3, 0.4) is 0 Å². The third-order valence-corrected chi connectivity index (χ3v) is 5.11. The Hall–Kier alpha value is -2.75. The maximum Gasteiger partial charge on any atom is 0.369 e. The molecular weight excluding hydrogens is 342 g/mol. The van der Waals surface area contributed by atoms with Gasteiger partial charge in [-0.3, -0.25) is 4.79 Å². The number of carbonyl (C=O) groups is 1. The molecule has 1 amide bonds. The van der Waals surface area contributed by atoms with Crippen molar-refractivity contribution in [1.29, 1.82) is 0 Å². The fourth-order valence-electron chi connectivity index (χ4n) is 3.03. The summed E-state index contributed by atoms with van der Waals surface area (Å²) in [5.74, 6) is 0.799. The van der Waals surface area contributed by atoms with Gasteiger partial charge in [0.25, 0.3) is 0 Å². The summed E-state index contributed by atoms with van der Waals surface area (Å²) >= 11 is 1.38. The number of imidazole rings is 1. The van der Waals surface area contributed by atoms with Gasteiger partial charge in [-0.25, -0.2) is 9.78 Å². The minimum atomic E-state index is -0.424. The van der Waals surface area contributed by atoms with E-state index in [0.29, 0.717) is 11.5 Å². The van der Waals surface area contributed by atoms with Gasteiger partial charge in [-0.15, -0.1) is 11.3 Å². The second-order valence-corrected chi connectivity index (χ2v) is 6.81. The first-order chi connectivity index (χ1) is 12.2. The van der Waals surface area contributed by atoms with Crippen LogP contribution in [0.1, 0.15) is 24.7 Å². The molecule has 4 heterocycles. The molecule has 1 N–H and O–H groups in total. The van der Waals surface area contributed by atoms with Crippen molar-refractivity contribution in [3.63, 3.8) is 0 Å². The Morgan fingerprint density at radius 1 is 1.40 bits per heavy atom. The van der Waals surface area contributed by atoms with E-state index in [9.17, 15) is 9.59 Å². The SMILES string of the molecule is O=C(Cn1nnn(-c2cccs2)c1=O)NCC1CCCc2nccn21. The minimum Gasteiger partial charge on any atom is -0.352 e. The molecule has 0 bridgehead atoms. The van der Waals surface area contributed by atoms with Crippen molar-refractivity contribution in [1.82, 2.24) is 34.7 Å². The first-order valence-electron chi connectivity index (χ1n) is 8.07. The van der Waals surface area contributed by atoms with Crippen molar-refractivity contribution in [2.75, 3.05) is 6.54 Å². The number of aromatic nitrogens is 6. The highest BCUT2D eigenvalue weighted by Gasteiger charge is 2.20. The summed E-state index contributed by atoms with van der Waals surface area (Å²) in [5, 5.41) is 13.0. The quantitative estimate of drug-likeness (QED) is 0.710. The molecule has 1 aliphatic rings. The van der Waals surface area contributed by atoms with Crippen molar-refractivity contribution < 1.29 is 4.79 Å². The molecule has 0 spiro atoms. The molecular formula is C15H17N7O2S. The number of nitrogens with one attached hydrogen (secondary N) is 1. The molecule has 9 nitrogen and oxygen atoms in total. The molecule has 0 aromatic carbocycles. The lowest BCUT2D eigenvalue weighted by Crippen LogP contribution is -2.37. The molecule has 0 fully saturated rings. The van der Waals surface area contributed by atoms with Gasteiger partial charge in [0.2, 0.25) is 5.91 Å². The third-order valence-electron chi connectivity index (χ3n) is 4.26. The zero-order valence-corrected chi connectivity index (χ0v) is 14.2. The van der Waals surface area contributed by atoms with Crippen LogP contribution in [0, 0.1) is 0 Å². The van der Waals surface area contributed by atoms with Gasteiger partial charge in [0.15, 0.2) is 0 Å². The zero-order chi connectivity index (χ0) is 17.2. The highest BCUT2D eigenvalue weighted by Crippen LogP contribution is 2.22. The first-order valence-corrected chi connectivity index (χ1v) is 8.95. The van der Waals surface area contributed by atoms with Gasteiger partial charge in [-0.1, -0.05) is 0 Å². The van der Waals surface area contributed by atoms with E-state index in [1.54, 1.807) is 12.3 Å². The molecule has 10 heteroatoms. The second-order valence-electron chi connectivity index (χ2n) is 5.88. The zero-order valence-electron chi connectivity index (χ0n) is 13.4. The molecule has 1 unspecified atom stereocenters. The minimum absolute atomic E-state index is 0.145. The van der Waals surface area contributed by atoms with Crippen LogP contribution in [0.5, 0.6) is 0 Å². The van der Waals surface area contributed by atoms with Crippen molar-refractivity contribution in [3.05, 3.63) is 46.2 Å². The monoisotopic (exact) mass is 359 g/mol. The van der Waals surface area contributed by atoms with Crippen molar-refractivity contribution in [3.8, 4) is 5.00 Å². The van der Waals surface area contributed by atoms with E-state index in [2.05, 4.69) is 25.3 Å². The van der Waals surface area contributed by atoms with E-state index in [0.717, 1.165) is 29.8 Å². The fraction of sp³-hybridized carbons (Fsp3) is 0.400. The Morgan fingerprint density at radius 3 is 3.16 bits per heavy atom. The van der Waals surface area contributed by atoms with Crippen molar-refractivity contribution in [2.45, 2.75) is 31.8 Å². The standard InChI is InChI=1S/C15H17N7O2S/c23-13(17-9-11-3-1-4-12-16-6-7-20(11)12)10-21-15(24)22(19-18-21)14-5-2-8-25-14/h2,5-8,11H,1,3-4,9-10H2,(H,17,23). The summed E-state index contributed by atoms with van der Waals surface area (Å²) in [6, 6.07) is 3.80. The van der Waals surface area contributed by atoms with Crippen LogP contribution in [0.2, 0.25) is 0 Å². The number of hydrogen-bond donors (Lipinski definition) is 1. The normalized spacial score (nSPS) is 16.6. The van der Waals surface area contributed by atoms with Gasteiger partial charge in [-0.05, 0) is 40.8 Å². The van der Waals surface area contributed by atoms with Crippen LogP contribution in [-0.4, -0.2) is 41.8 Å². The molecule has 3 aromatic heterocycles. The van der Waals surface area contributed by atoms with E-state index in [4.69, 9.17) is 0 Å². The number of fused-ring (bicyclic) bond motifs is 1. The van der Waals surface area contributed by atoms with Crippen LogP contribution >= 0.6 is 11.3 Å². The average Bonchev–Trinajstić information content (AvgIpc) is 3.34. The summed E-state index contributed by atoms with van der Waals surface area (Å²) in [5.41, 5.74) is -0.424. The largest absolute Gasteiger partial charge is 0.369 e. The van der Waals surface area contributed by atoms with Gasteiger partial charge in [-0.2, -0.15) is 9.36 Å². The highest BCUT2D eigenvalue weighted by atomic mass is 32.1. The van der Waals surface area contributed by atoms with Crippen molar-refractivity contribution >= 4 is 17.2 Å². The molecule has 0 aliphatic carbocycles. The topological polar surface area (TPSA) is 99.6 Å². The fourth-order valence-corrected chi connectivity index (χ4v) is 3.70. The summed E-state index contributed by atoms with van der Waals surface area (Å²) < 4.78 is 4.37. The lowest BCUT2D eigenvalue weighted by molar-refractivity contribution is -0.122. The molecule has 0 radical (unpaired) electrons. The van der Waals surface area contributed by atoms with E-state index < -0.39 is 5.69 Å². The number of rotatable bonds is 5. The van der Waals surface area contributed by atoms with Gasteiger partial charge in [0, 0.05) is 25.4 Å². The molecule has 25 heavy (non-hydrogen) atoms. The van der Waals surface area contributed by atoms with E-state index >= 15 is 0 Å². The Kier molecular flexibility index (Phi) is 4.18. The maximum absolute atomic E-state index is 12.3.